The molecule has 3 atom stereocenters. The molecule has 1 aliphatic rings. The zero-order valence-corrected chi connectivity index (χ0v) is 21.8. The van der Waals surface area contributed by atoms with Gasteiger partial charge in [-0.05, 0) is 37.7 Å². The van der Waals surface area contributed by atoms with Gasteiger partial charge in [-0.25, -0.2) is 15.2 Å². The molecule has 0 aliphatic carbocycles. The van der Waals surface area contributed by atoms with Crippen LogP contribution in [0.15, 0.2) is 30.3 Å². The molecule has 7 nitrogen and oxygen atoms in total. The van der Waals surface area contributed by atoms with E-state index in [-0.39, 0.29) is 30.4 Å². The number of nitrogens with one attached hydrogen (secondary N) is 2. The molecule has 3 amide bonds. The van der Waals surface area contributed by atoms with Crippen molar-refractivity contribution in [2.75, 3.05) is 13.2 Å². The molecule has 2 rings (SSSR count). The minimum atomic E-state index is -0.720. The van der Waals surface area contributed by atoms with E-state index < -0.39 is 11.5 Å². The van der Waals surface area contributed by atoms with E-state index in [1.54, 1.807) is 0 Å². The topological polar surface area (TPSA) is 79.9 Å². The lowest BCUT2D eigenvalue weighted by Crippen LogP contribution is -2.52. The van der Waals surface area contributed by atoms with E-state index >= 15 is 0 Å². The zero-order chi connectivity index (χ0) is 23.0. The maximum Gasteiger partial charge on any atom is 0.333 e. The van der Waals surface area contributed by atoms with Crippen LogP contribution in [0.4, 0.5) is 4.79 Å². The molecular weight excluding hydrogens is 410 g/mol. The Morgan fingerprint density at radius 3 is 2.48 bits per heavy atom. The first-order valence-electron chi connectivity index (χ1n) is 11.4. The predicted molar refractivity (Wildman–Crippen MR) is 125 cm³/mol. The van der Waals surface area contributed by atoms with Crippen LogP contribution in [0.5, 0.6) is 0 Å². The normalized spacial score (nSPS) is 21.5. The van der Waals surface area contributed by atoms with Crippen molar-refractivity contribution in [2.45, 2.75) is 71.4 Å². The minimum Gasteiger partial charge on any atom is -0.355 e. The highest BCUT2D eigenvalue weighted by Crippen LogP contribution is 2.21. The van der Waals surface area contributed by atoms with Gasteiger partial charge in [-0.3, -0.25) is 4.79 Å². The Labute approximate surface area is 189 Å². The summed E-state index contributed by atoms with van der Waals surface area (Å²) >= 11 is 0. The van der Waals surface area contributed by atoms with Crippen molar-refractivity contribution in [3.05, 3.63) is 35.9 Å². The first-order chi connectivity index (χ1) is 14.6. The molecule has 0 saturated carbocycles. The van der Waals surface area contributed by atoms with Gasteiger partial charge < -0.3 is 14.8 Å². The lowest BCUT2D eigenvalue weighted by atomic mass is 9.99. The number of amides is 3. The molecule has 0 spiro atoms. The van der Waals surface area contributed by atoms with Crippen molar-refractivity contribution in [3.63, 3.8) is 0 Å². The van der Waals surface area contributed by atoms with Crippen molar-refractivity contribution >= 4 is 22.2 Å². The lowest BCUT2D eigenvalue weighted by molar-refractivity contribution is -0.206. The average Bonchev–Trinajstić information content (AvgIpc) is 2.86. The number of ether oxygens (including phenoxy) is 2. The van der Waals surface area contributed by atoms with E-state index in [0.717, 1.165) is 18.4 Å². The molecule has 2 N–H and O–H groups in total. The quantitative estimate of drug-likeness (QED) is 0.424. The maximum atomic E-state index is 13.1. The third kappa shape index (κ3) is 7.94. The first-order valence-corrected chi connectivity index (χ1v) is 12.4. The Hall–Kier alpha value is -1.90. The minimum absolute atomic E-state index is 0.0766. The Kier molecular flexibility index (Phi) is 9.52. The summed E-state index contributed by atoms with van der Waals surface area (Å²) in [6.45, 7) is 11.0. The second-order valence-electron chi connectivity index (χ2n) is 9.10. The number of rotatable bonds is 10. The van der Waals surface area contributed by atoms with Crippen LogP contribution in [0, 0.1) is 11.8 Å². The zero-order valence-electron chi connectivity index (χ0n) is 19.8. The van der Waals surface area contributed by atoms with Gasteiger partial charge in [-0.2, -0.15) is 0 Å². The molecule has 1 aliphatic heterocycles. The Morgan fingerprint density at radius 2 is 1.90 bits per heavy atom. The second-order valence-corrected chi connectivity index (χ2v) is 10.9. The van der Waals surface area contributed by atoms with Crippen LogP contribution in [0.2, 0.25) is 0 Å². The third-order valence-electron chi connectivity index (χ3n) is 5.46. The van der Waals surface area contributed by atoms with Crippen LogP contribution in [-0.2, 0) is 20.7 Å². The number of hydrogen-bond donors (Lipinski definition) is 2. The van der Waals surface area contributed by atoms with Crippen molar-refractivity contribution in [3.8, 4) is 0 Å². The Morgan fingerprint density at radius 1 is 1.26 bits per heavy atom. The monoisotopic (exact) mass is 449 g/mol. The van der Waals surface area contributed by atoms with Crippen LogP contribution in [0.3, 0.4) is 0 Å². The smallest absolute Gasteiger partial charge is 0.333 e. The van der Waals surface area contributed by atoms with E-state index in [2.05, 4.69) is 24.6 Å². The van der Waals surface area contributed by atoms with Crippen LogP contribution in [-0.4, -0.2) is 57.9 Å². The Bertz CT molecular complexity index is 710. The van der Waals surface area contributed by atoms with E-state index in [1.807, 2.05) is 51.1 Å². The third-order valence-corrected chi connectivity index (χ3v) is 5.99. The molecule has 1 unspecified atom stereocenters. The molecule has 1 heterocycles. The number of hydrogen-bond acceptors (Lipinski definition) is 4. The van der Waals surface area contributed by atoms with Crippen LogP contribution in [0.25, 0.3) is 0 Å². The van der Waals surface area contributed by atoms with Gasteiger partial charge in [0.15, 0.2) is 0 Å². The van der Waals surface area contributed by atoms with Gasteiger partial charge in [0, 0.05) is 5.92 Å². The molecule has 174 valence electrons. The largest absolute Gasteiger partial charge is 0.355 e. The molecule has 1 aromatic rings. The highest BCUT2D eigenvalue weighted by molar-refractivity contribution is 6.13. The summed E-state index contributed by atoms with van der Waals surface area (Å²) in [6.07, 6.45) is 1.65. The maximum absolute atomic E-state index is 13.1. The fraction of sp³-hybridized carbons (Fsp3) is 0.652. The molecule has 0 radical (unpaired) electrons. The van der Waals surface area contributed by atoms with Crippen molar-refractivity contribution in [1.82, 2.24) is 15.8 Å². The van der Waals surface area contributed by atoms with Gasteiger partial charge in [0.05, 0.1) is 29.4 Å². The summed E-state index contributed by atoms with van der Waals surface area (Å²) in [6, 6.07) is 9.31. The lowest BCUT2D eigenvalue weighted by Gasteiger charge is -2.36. The number of hydrazine groups is 1. The van der Waals surface area contributed by atoms with Gasteiger partial charge in [0.2, 0.25) is 5.91 Å². The summed E-state index contributed by atoms with van der Waals surface area (Å²) < 4.78 is 12.5. The highest BCUT2D eigenvalue weighted by atomic mass is 28.1. The first kappa shape index (κ1) is 25.4. The number of nitrogens with zero attached hydrogens (tertiary/aromatic N) is 1. The van der Waals surface area contributed by atoms with Gasteiger partial charge >= 0.3 is 6.03 Å². The van der Waals surface area contributed by atoms with Crippen LogP contribution < -0.4 is 10.7 Å². The molecule has 1 aromatic carbocycles. The Balaban J connectivity index is 2.27. The number of benzene rings is 1. The number of carbonyl (C=O) groups is 2. The summed E-state index contributed by atoms with van der Waals surface area (Å²) in [5.41, 5.74) is 3.11. The van der Waals surface area contributed by atoms with Crippen LogP contribution in [0.1, 0.15) is 53.0 Å². The molecule has 0 aromatic heterocycles. The predicted octanol–water partition coefficient (Wildman–Crippen LogP) is 2.19. The summed E-state index contributed by atoms with van der Waals surface area (Å²) in [5.74, 6) is 0.180. The van der Waals surface area contributed by atoms with Gasteiger partial charge in [0.25, 0.3) is 0 Å². The fourth-order valence-electron chi connectivity index (χ4n) is 3.71. The van der Waals surface area contributed by atoms with E-state index in [4.69, 9.17) is 9.47 Å². The molecule has 1 fully saturated rings. The molecule has 31 heavy (non-hydrogen) atoms. The molecule has 0 bridgehead atoms. The van der Waals surface area contributed by atoms with Crippen molar-refractivity contribution in [2.24, 2.45) is 11.8 Å². The van der Waals surface area contributed by atoms with Gasteiger partial charge in [-0.1, -0.05) is 58.0 Å². The summed E-state index contributed by atoms with van der Waals surface area (Å²) in [7, 11) is 0.651. The van der Waals surface area contributed by atoms with Gasteiger partial charge in [-0.15, -0.1) is 0 Å². The SMILES string of the molecule is CCC(CC)C(=O)N1C[C@@H](OC(C)([SiH3])OCC(C)C)[C@@H](Cc2ccccc2)NC(=O)N1. The van der Waals surface area contributed by atoms with Crippen molar-refractivity contribution < 1.29 is 19.1 Å². The van der Waals surface area contributed by atoms with Crippen molar-refractivity contribution in [1.29, 1.82) is 0 Å². The molecule has 1 saturated heterocycles. The average molecular weight is 450 g/mol. The molecule has 8 heteroatoms. The number of urea groups is 1. The standard InChI is InChI=1S/C23H39N3O4Si/c1-6-18(7-2)21(27)26-14-20(30-23(5,31)29-15-16(3)4)19(24-22(28)25-26)13-17-11-9-8-10-12-17/h8-12,16,18-20H,6-7,13-15H2,1-5,31H3,(H2,24,25,28)/t19-,20-,23?/m1/s1. The van der Waals surface area contributed by atoms with Gasteiger partial charge in [0.1, 0.15) is 11.5 Å². The molecular formula is C23H39N3O4Si. The van der Waals surface area contributed by atoms with E-state index in [0.29, 0.717) is 29.2 Å². The highest BCUT2D eigenvalue weighted by Gasteiger charge is 2.37. The number of carbonyl (C=O) groups excluding carboxylic acids is 2. The fourth-order valence-corrected chi connectivity index (χ4v) is 4.18. The second kappa shape index (κ2) is 11.6. The van der Waals surface area contributed by atoms with Crippen LogP contribution >= 0.6 is 0 Å². The summed E-state index contributed by atoms with van der Waals surface area (Å²) in [4.78, 5) is 25.7. The van der Waals surface area contributed by atoms with E-state index in [9.17, 15) is 9.59 Å². The summed E-state index contributed by atoms with van der Waals surface area (Å²) in [5, 5.41) is 4.45. The van der Waals surface area contributed by atoms with E-state index in [1.165, 1.54) is 5.01 Å².